The van der Waals surface area contributed by atoms with E-state index in [4.69, 9.17) is 19.9 Å². The number of nitrogens with two attached hydrogens (primary N) is 1. The summed E-state index contributed by atoms with van der Waals surface area (Å²) in [4.78, 5) is 24.0. The third-order valence-corrected chi connectivity index (χ3v) is 3.66. The average Bonchev–Trinajstić information content (AvgIpc) is 2.73. The number of carbonyl (C=O) groups is 1. The van der Waals surface area contributed by atoms with Crippen molar-refractivity contribution in [1.82, 2.24) is 15.0 Å². The molecule has 0 fully saturated rings. The molecule has 156 valence electrons. The predicted molar refractivity (Wildman–Crippen MR) is 107 cm³/mol. The van der Waals surface area contributed by atoms with Gasteiger partial charge in [-0.05, 0) is 43.3 Å². The Hall–Kier alpha value is -3.95. The minimum absolute atomic E-state index is 0.0532. The number of nitrogens with one attached hydrogen (secondary N) is 1. The lowest BCUT2D eigenvalue weighted by molar-refractivity contribution is -0.147. The first kappa shape index (κ1) is 20.8. The van der Waals surface area contributed by atoms with Crippen molar-refractivity contribution in [1.29, 1.82) is 0 Å². The Balaban J connectivity index is 1.55. The van der Waals surface area contributed by atoms with E-state index in [1.54, 1.807) is 24.3 Å². The van der Waals surface area contributed by atoms with Gasteiger partial charge < -0.3 is 25.3 Å². The van der Waals surface area contributed by atoms with Crippen LogP contribution in [0.25, 0.3) is 0 Å². The van der Waals surface area contributed by atoms with Crippen molar-refractivity contribution in [3.63, 3.8) is 0 Å². The topological polar surface area (TPSA) is 121 Å². The van der Waals surface area contributed by atoms with Gasteiger partial charge in [0.15, 0.2) is 30.5 Å². The highest BCUT2D eigenvalue weighted by Gasteiger charge is 2.11. The van der Waals surface area contributed by atoms with Crippen LogP contribution < -0.4 is 20.5 Å². The lowest BCUT2D eigenvalue weighted by Gasteiger charge is -2.11. The number of anilines is 3. The van der Waals surface area contributed by atoms with Crippen LogP contribution in [0.2, 0.25) is 0 Å². The molecule has 9 nitrogen and oxygen atoms in total. The minimum atomic E-state index is -0.617. The van der Waals surface area contributed by atoms with Crippen molar-refractivity contribution in [2.45, 2.75) is 13.5 Å². The first-order chi connectivity index (χ1) is 14.5. The summed E-state index contributed by atoms with van der Waals surface area (Å²) in [5.74, 6) is 0.226. The number of rotatable bonds is 9. The number of halogens is 1. The molecular weight excluding hydrogens is 393 g/mol. The van der Waals surface area contributed by atoms with E-state index in [0.29, 0.717) is 23.8 Å². The van der Waals surface area contributed by atoms with Crippen LogP contribution >= 0.6 is 0 Å². The average molecular weight is 413 g/mol. The summed E-state index contributed by atoms with van der Waals surface area (Å²) in [6, 6.07) is 12.6. The van der Waals surface area contributed by atoms with Crippen LogP contribution in [-0.2, 0) is 16.1 Å². The monoisotopic (exact) mass is 413 g/mol. The van der Waals surface area contributed by atoms with Crippen LogP contribution in [0, 0.1) is 5.82 Å². The Morgan fingerprint density at radius 1 is 1.03 bits per heavy atom. The van der Waals surface area contributed by atoms with Gasteiger partial charge in [-0.15, -0.1) is 0 Å². The van der Waals surface area contributed by atoms with Crippen molar-refractivity contribution in [2.75, 3.05) is 24.3 Å². The maximum atomic E-state index is 13.0. The molecule has 0 amide bonds. The van der Waals surface area contributed by atoms with E-state index in [1.807, 2.05) is 6.92 Å². The first-order valence-electron chi connectivity index (χ1n) is 9.06. The van der Waals surface area contributed by atoms with Crippen molar-refractivity contribution < 1.29 is 23.4 Å². The maximum Gasteiger partial charge on any atom is 0.344 e. The van der Waals surface area contributed by atoms with Gasteiger partial charge in [0.1, 0.15) is 5.82 Å². The van der Waals surface area contributed by atoms with Crippen LogP contribution in [0.3, 0.4) is 0 Å². The molecule has 3 rings (SSSR count). The van der Waals surface area contributed by atoms with Crippen LogP contribution in [0.5, 0.6) is 11.5 Å². The molecular formula is C20H20FN5O4. The third-order valence-electron chi connectivity index (χ3n) is 3.66. The number of hydrogen-bond acceptors (Lipinski definition) is 9. The Morgan fingerprint density at radius 2 is 1.73 bits per heavy atom. The van der Waals surface area contributed by atoms with E-state index >= 15 is 0 Å². The molecule has 1 heterocycles. The number of nitrogens with zero attached hydrogens (tertiary/aromatic N) is 3. The molecule has 10 heteroatoms. The fraction of sp³-hybridized carbons (Fsp3) is 0.200. The summed E-state index contributed by atoms with van der Waals surface area (Å²) in [7, 11) is 0. The highest BCUT2D eigenvalue weighted by molar-refractivity contribution is 5.71. The smallest absolute Gasteiger partial charge is 0.344 e. The number of carbonyl (C=O) groups excluding carboxylic acids is 1. The van der Waals surface area contributed by atoms with Gasteiger partial charge in [-0.2, -0.15) is 15.0 Å². The molecule has 0 atom stereocenters. The van der Waals surface area contributed by atoms with E-state index < -0.39 is 5.97 Å². The van der Waals surface area contributed by atoms with Gasteiger partial charge in [0, 0.05) is 5.69 Å². The molecule has 3 N–H and O–H groups in total. The quantitative estimate of drug-likeness (QED) is 0.510. The zero-order valence-corrected chi connectivity index (χ0v) is 16.2. The second-order valence-electron chi connectivity index (χ2n) is 5.89. The first-order valence-corrected chi connectivity index (χ1v) is 9.06. The molecule has 0 aliphatic carbocycles. The van der Waals surface area contributed by atoms with Crippen LogP contribution in [0.1, 0.15) is 12.7 Å². The molecule has 0 bridgehead atoms. The van der Waals surface area contributed by atoms with Crippen molar-refractivity contribution >= 4 is 23.6 Å². The zero-order chi connectivity index (χ0) is 21.3. The lowest BCUT2D eigenvalue weighted by atomic mass is 10.3. The Labute approximate surface area is 172 Å². The molecule has 0 saturated heterocycles. The molecule has 2 aromatic carbocycles. The minimum Gasteiger partial charge on any atom is -0.490 e. The van der Waals surface area contributed by atoms with Gasteiger partial charge in [-0.1, -0.05) is 12.1 Å². The number of ether oxygens (including phenoxy) is 3. The lowest BCUT2D eigenvalue weighted by Crippen LogP contribution is -2.16. The molecule has 0 aliphatic heterocycles. The highest BCUT2D eigenvalue weighted by atomic mass is 19.1. The Kier molecular flexibility index (Phi) is 6.93. The molecule has 0 spiro atoms. The van der Waals surface area contributed by atoms with E-state index in [2.05, 4.69) is 20.3 Å². The van der Waals surface area contributed by atoms with E-state index in [1.165, 1.54) is 24.3 Å². The van der Waals surface area contributed by atoms with Crippen molar-refractivity contribution in [3.05, 3.63) is 60.2 Å². The highest BCUT2D eigenvalue weighted by Crippen LogP contribution is 2.26. The molecule has 0 unspecified atom stereocenters. The molecule has 0 radical (unpaired) electrons. The van der Waals surface area contributed by atoms with Crippen LogP contribution in [0.15, 0.2) is 48.5 Å². The molecule has 0 aliphatic rings. The molecule has 30 heavy (non-hydrogen) atoms. The van der Waals surface area contributed by atoms with Gasteiger partial charge in [0.25, 0.3) is 0 Å². The summed E-state index contributed by atoms with van der Waals surface area (Å²) in [5.41, 5.74) is 6.24. The predicted octanol–water partition coefficient (Wildman–Crippen LogP) is 2.86. The number of hydrogen-bond donors (Lipinski definition) is 2. The zero-order valence-electron chi connectivity index (χ0n) is 16.2. The number of aromatic nitrogens is 3. The summed E-state index contributed by atoms with van der Waals surface area (Å²) in [6.07, 6.45) is 0. The molecule has 3 aromatic rings. The molecule has 0 saturated carbocycles. The van der Waals surface area contributed by atoms with E-state index in [-0.39, 0.29) is 36.8 Å². The maximum absolute atomic E-state index is 13.0. The van der Waals surface area contributed by atoms with Crippen molar-refractivity contribution in [2.24, 2.45) is 0 Å². The van der Waals surface area contributed by atoms with E-state index in [0.717, 1.165) is 0 Å². The van der Waals surface area contributed by atoms with Gasteiger partial charge in [0.2, 0.25) is 11.9 Å². The summed E-state index contributed by atoms with van der Waals surface area (Å²) < 4.78 is 29.0. The number of esters is 1. The largest absolute Gasteiger partial charge is 0.490 e. The summed E-state index contributed by atoms with van der Waals surface area (Å²) in [5, 5.41) is 2.88. The third kappa shape index (κ3) is 6.03. The second-order valence-corrected chi connectivity index (χ2v) is 5.89. The fourth-order valence-electron chi connectivity index (χ4n) is 2.39. The second kappa shape index (κ2) is 10.0. The normalized spacial score (nSPS) is 10.3. The standard InChI is InChI=1S/C20H20FN5O4/c1-2-28-15-5-3-4-6-16(15)29-12-18(27)30-11-17-24-19(22)26-20(25-17)23-14-9-7-13(21)8-10-14/h3-10H,2,11-12H2,1H3,(H3,22,23,24,25,26). The SMILES string of the molecule is CCOc1ccccc1OCC(=O)OCc1nc(N)nc(Nc2ccc(F)cc2)n1. The van der Waals surface area contributed by atoms with Crippen LogP contribution in [0.4, 0.5) is 22.0 Å². The summed E-state index contributed by atoms with van der Waals surface area (Å²) in [6.45, 7) is 1.79. The van der Waals surface area contributed by atoms with Gasteiger partial charge >= 0.3 is 5.97 Å². The Bertz CT molecular complexity index is 1000. The number of para-hydroxylation sites is 2. The van der Waals surface area contributed by atoms with Crippen LogP contribution in [-0.4, -0.2) is 34.1 Å². The van der Waals surface area contributed by atoms with Crippen molar-refractivity contribution in [3.8, 4) is 11.5 Å². The number of benzene rings is 2. The molecule has 1 aromatic heterocycles. The summed E-state index contributed by atoms with van der Waals surface area (Å²) >= 11 is 0. The van der Waals surface area contributed by atoms with E-state index in [9.17, 15) is 9.18 Å². The fourth-order valence-corrected chi connectivity index (χ4v) is 2.39. The van der Waals surface area contributed by atoms with Gasteiger partial charge in [-0.3, -0.25) is 0 Å². The number of nitrogen functional groups attached to an aromatic ring is 1. The van der Waals surface area contributed by atoms with Gasteiger partial charge in [-0.25, -0.2) is 9.18 Å². The Morgan fingerprint density at radius 3 is 2.43 bits per heavy atom. The van der Waals surface area contributed by atoms with Gasteiger partial charge in [0.05, 0.1) is 6.61 Å².